The zero-order valence-electron chi connectivity index (χ0n) is 11.3. The Kier molecular flexibility index (Phi) is 4.39. The summed E-state index contributed by atoms with van der Waals surface area (Å²) < 4.78 is 4.82. The summed E-state index contributed by atoms with van der Waals surface area (Å²) in [4.78, 5) is 39.2. The molecular formula is C13H17N3O4. The van der Waals surface area contributed by atoms with Gasteiger partial charge >= 0.3 is 0 Å². The summed E-state index contributed by atoms with van der Waals surface area (Å²) >= 11 is 0. The number of H-pyrrole nitrogens is 1. The lowest BCUT2D eigenvalue weighted by Gasteiger charge is -2.15. The van der Waals surface area contributed by atoms with Crippen LogP contribution in [-0.2, 0) is 4.79 Å². The van der Waals surface area contributed by atoms with E-state index in [2.05, 4.69) is 10.3 Å². The molecule has 0 aromatic carbocycles. The number of aromatic nitrogens is 1. The van der Waals surface area contributed by atoms with Gasteiger partial charge in [-0.05, 0) is 6.42 Å². The van der Waals surface area contributed by atoms with Crippen LogP contribution in [0.25, 0.3) is 0 Å². The van der Waals surface area contributed by atoms with Gasteiger partial charge in [0.2, 0.25) is 11.3 Å². The lowest BCUT2D eigenvalue weighted by Crippen LogP contribution is -2.36. The van der Waals surface area contributed by atoms with Crippen molar-refractivity contribution in [1.82, 2.24) is 15.2 Å². The Balaban J connectivity index is 1.87. The van der Waals surface area contributed by atoms with E-state index < -0.39 is 0 Å². The second kappa shape index (κ2) is 6.23. The second-order valence-corrected chi connectivity index (χ2v) is 4.52. The van der Waals surface area contributed by atoms with Crippen molar-refractivity contribution in [3.8, 4) is 5.75 Å². The van der Waals surface area contributed by atoms with Crippen molar-refractivity contribution in [1.29, 1.82) is 0 Å². The third-order valence-corrected chi connectivity index (χ3v) is 3.18. The molecule has 7 heteroatoms. The van der Waals surface area contributed by atoms with Gasteiger partial charge in [-0.15, -0.1) is 0 Å². The highest BCUT2D eigenvalue weighted by Gasteiger charge is 2.19. The minimum atomic E-state index is -0.378. The molecule has 108 valence electrons. The number of rotatable bonds is 5. The van der Waals surface area contributed by atoms with E-state index in [0.717, 1.165) is 13.0 Å². The van der Waals surface area contributed by atoms with Gasteiger partial charge in [-0.3, -0.25) is 14.4 Å². The van der Waals surface area contributed by atoms with Crippen LogP contribution in [-0.4, -0.2) is 48.4 Å². The Hall–Kier alpha value is -2.31. The van der Waals surface area contributed by atoms with Crippen LogP contribution in [0.15, 0.2) is 17.1 Å². The van der Waals surface area contributed by atoms with Crippen LogP contribution in [0.4, 0.5) is 0 Å². The Morgan fingerprint density at radius 2 is 2.30 bits per heavy atom. The molecule has 1 aliphatic heterocycles. The average molecular weight is 279 g/mol. The number of carbonyl (C=O) groups excluding carboxylic acids is 2. The average Bonchev–Trinajstić information content (AvgIpc) is 2.84. The number of ether oxygens (including phenoxy) is 1. The normalized spacial score (nSPS) is 14.4. The van der Waals surface area contributed by atoms with Gasteiger partial charge in [0.05, 0.1) is 7.11 Å². The molecule has 20 heavy (non-hydrogen) atoms. The molecule has 1 aromatic heterocycles. The molecule has 0 bridgehead atoms. The highest BCUT2D eigenvalue weighted by molar-refractivity contribution is 5.92. The van der Waals surface area contributed by atoms with Crippen molar-refractivity contribution >= 4 is 11.8 Å². The van der Waals surface area contributed by atoms with Gasteiger partial charge < -0.3 is 19.9 Å². The number of nitrogens with one attached hydrogen (secondary N) is 2. The highest BCUT2D eigenvalue weighted by atomic mass is 16.5. The third kappa shape index (κ3) is 3.17. The molecule has 2 amide bonds. The number of nitrogens with zero attached hydrogens (tertiary/aromatic N) is 1. The van der Waals surface area contributed by atoms with E-state index in [1.54, 1.807) is 4.90 Å². The molecule has 0 spiro atoms. The summed E-state index contributed by atoms with van der Waals surface area (Å²) in [5.41, 5.74) is -0.185. The molecule has 2 N–H and O–H groups in total. The molecule has 1 saturated heterocycles. The number of pyridine rings is 1. The zero-order valence-corrected chi connectivity index (χ0v) is 11.3. The predicted octanol–water partition coefficient (Wildman–Crippen LogP) is -0.264. The molecule has 1 aliphatic rings. The van der Waals surface area contributed by atoms with Gasteiger partial charge in [0.1, 0.15) is 5.69 Å². The van der Waals surface area contributed by atoms with Crippen LogP contribution in [0.1, 0.15) is 23.3 Å². The summed E-state index contributed by atoms with van der Waals surface area (Å²) in [6.07, 6.45) is 2.81. The summed E-state index contributed by atoms with van der Waals surface area (Å²) in [5.74, 6) is -0.0993. The van der Waals surface area contributed by atoms with E-state index in [9.17, 15) is 14.4 Å². The number of likely N-dealkylation sites (tertiary alicyclic amines) is 1. The number of hydrogen-bond acceptors (Lipinski definition) is 4. The predicted molar refractivity (Wildman–Crippen MR) is 71.8 cm³/mol. The van der Waals surface area contributed by atoms with Gasteiger partial charge in [-0.1, -0.05) is 0 Å². The van der Waals surface area contributed by atoms with Crippen molar-refractivity contribution in [2.24, 2.45) is 0 Å². The van der Waals surface area contributed by atoms with Gasteiger partial charge in [-0.2, -0.15) is 0 Å². The number of methoxy groups -OCH3 is 1. The summed E-state index contributed by atoms with van der Waals surface area (Å²) in [6, 6.07) is 1.19. The van der Waals surface area contributed by atoms with Gasteiger partial charge in [0.15, 0.2) is 5.75 Å². The van der Waals surface area contributed by atoms with E-state index >= 15 is 0 Å². The SMILES string of the molecule is COc1c[nH]c(C(=O)NCCN2CCCC2=O)cc1=O. The zero-order chi connectivity index (χ0) is 14.5. The fourth-order valence-electron chi connectivity index (χ4n) is 2.09. The largest absolute Gasteiger partial charge is 0.491 e. The first-order valence-corrected chi connectivity index (χ1v) is 6.44. The molecule has 0 unspecified atom stereocenters. The van der Waals surface area contributed by atoms with Crippen LogP contribution in [0.5, 0.6) is 5.75 Å². The van der Waals surface area contributed by atoms with Crippen molar-refractivity contribution in [2.45, 2.75) is 12.8 Å². The highest BCUT2D eigenvalue weighted by Crippen LogP contribution is 2.08. The Bertz CT molecular complexity index is 567. The van der Waals surface area contributed by atoms with E-state index in [4.69, 9.17) is 4.74 Å². The fraction of sp³-hybridized carbons (Fsp3) is 0.462. The van der Waals surface area contributed by atoms with Gasteiger partial charge in [0, 0.05) is 38.3 Å². The Labute approximate surface area is 115 Å². The molecule has 1 aromatic rings. The van der Waals surface area contributed by atoms with Crippen molar-refractivity contribution in [3.05, 3.63) is 28.2 Å². The number of aromatic amines is 1. The Morgan fingerprint density at radius 3 is 2.90 bits per heavy atom. The molecule has 7 nitrogen and oxygen atoms in total. The molecule has 0 atom stereocenters. The molecule has 0 saturated carbocycles. The lowest BCUT2D eigenvalue weighted by molar-refractivity contribution is -0.127. The monoisotopic (exact) mass is 279 g/mol. The third-order valence-electron chi connectivity index (χ3n) is 3.18. The maximum Gasteiger partial charge on any atom is 0.267 e. The first kappa shape index (κ1) is 14.1. The minimum Gasteiger partial charge on any atom is -0.491 e. The van der Waals surface area contributed by atoms with Crippen molar-refractivity contribution in [3.63, 3.8) is 0 Å². The maximum atomic E-state index is 11.8. The van der Waals surface area contributed by atoms with E-state index in [1.165, 1.54) is 19.4 Å². The van der Waals surface area contributed by atoms with E-state index in [0.29, 0.717) is 19.5 Å². The lowest BCUT2D eigenvalue weighted by atomic mass is 10.3. The summed E-state index contributed by atoms with van der Waals surface area (Å²) in [5, 5.41) is 2.67. The Morgan fingerprint density at radius 1 is 1.50 bits per heavy atom. The standard InChI is InChI=1S/C13H17N3O4/c1-20-11-8-15-9(7-10(11)17)13(19)14-4-6-16-5-2-3-12(16)18/h7-8H,2-6H2,1H3,(H,14,19)(H,15,17). The number of amides is 2. The first-order chi connectivity index (χ1) is 9.61. The van der Waals surface area contributed by atoms with Crippen LogP contribution < -0.4 is 15.5 Å². The number of hydrogen-bond donors (Lipinski definition) is 2. The molecule has 0 aliphatic carbocycles. The topological polar surface area (TPSA) is 91.5 Å². The number of carbonyl (C=O) groups is 2. The summed E-state index contributed by atoms with van der Waals surface area (Å²) in [6.45, 7) is 1.59. The van der Waals surface area contributed by atoms with Gasteiger partial charge in [0.25, 0.3) is 5.91 Å². The van der Waals surface area contributed by atoms with Crippen LogP contribution in [0.2, 0.25) is 0 Å². The summed E-state index contributed by atoms with van der Waals surface area (Å²) in [7, 11) is 1.39. The quantitative estimate of drug-likeness (QED) is 0.776. The molecular weight excluding hydrogens is 262 g/mol. The van der Waals surface area contributed by atoms with Crippen molar-refractivity contribution < 1.29 is 14.3 Å². The van der Waals surface area contributed by atoms with Gasteiger partial charge in [-0.25, -0.2) is 0 Å². The first-order valence-electron chi connectivity index (χ1n) is 6.44. The van der Waals surface area contributed by atoms with Crippen LogP contribution >= 0.6 is 0 Å². The molecule has 0 radical (unpaired) electrons. The van der Waals surface area contributed by atoms with E-state index in [1.807, 2.05) is 0 Å². The van der Waals surface area contributed by atoms with Crippen molar-refractivity contribution in [2.75, 3.05) is 26.7 Å². The van der Waals surface area contributed by atoms with E-state index in [-0.39, 0.29) is 28.7 Å². The molecule has 2 rings (SSSR count). The molecule has 2 heterocycles. The van der Waals surface area contributed by atoms with Crippen LogP contribution in [0, 0.1) is 0 Å². The molecule has 1 fully saturated rings. The smallest absolute Gasteiger partial charge is 0.267 e. The maximum absolute atomic E-state index is 11.8. The minimum absolute atomic E-state index is 0.122. The second-order valence-electron chi connectivity index (χ2n) is 4.52. The fourth-order valence-corrected chi connectivity index (χ4v) is 2.09. The van der Waals surface area contributed by atoms with Crippen LogP contribution in [0.3, 0.4) is 0 Å².